The summed E-state index contributed by atoms with van der Waals surface area (Å²) in [5.74, 6) is -0.235. The molecule has 1 aliphatic carbocycles. The van der Waals surface area contributed by atoms with Crippen LogP contribution < -0.4 is 5.73 Å². The molecule has 0 atom stereocenters. The first-order valence-electron chi connectivity index (χ1n) is 6.83. The largest absolute Gasteiger partial charge is 0.330 e. The Hall–Kier alpha value is -1.38. The van der Waals surface area contributed by atoms with Crippen molar-refractivity contribution in [2.24, 2.45) is 11.1 Å². The number of benzene rings is 2. The minimum atomic E-state index is -0.235. The van der Waals surface area contributed by atoms with Gasteiger partial charge < -0.3 is 5.73 Å². The van der Waals surface area contributed by atoms with Crippen molar-refractivity contribution in [3.05, 3.63) is 70.0 Å². The molecule has 3 rings (SSSR count). The third-order valence-corrected chi connectivity index (χ3v) is 4.50. The fourth-order valence-corrected chi connectivity index (χ4v) is 3.34. The van der Waals surface area contributed by atoms with Crippen LogP contribution in [0.15, 0.2) is 42.5 Å². The van der Waals surface area contributed by atoms with E-state index in [4.69, 9.17) is 17.3 Å². The van der Waals surface area contributed by atoms with Crippen LogP contribution in [0.4, 0.5) is 4.39 Å². The van der Waals surface area contributed by atoms with Gasteiger partial charge in [0.2, 0.25) is 0 Å². The molecule has 0 aromatic heterocycles. The van der Waals surface area contributed by atoms with Crippen molar-refractivity contribution >= 4 is 11.6 Å². The zero-order valence-corrected chi connectivity index (χ0v) is 12.0. The fraction of sp³-hybridized carbons (Fsp3) is 0.294. The van der Waals surface area contributed by atoms with E-state index in [-0.39, 0.29) is 11.2 Å². The van der Waals surface area contributed by atoms with Gasteiger partial charge in [-0.3, -0.25) is 0 Å². The predicted octanol–water partition coefficient (Wildman–Crippen LogP) is 3.77. The zero-order valence-electron chi connectivity index (χ0n) is 11.2. The van der Waals surface area contributed by atoms with E-state index in [2.05, 4.69) is 12.1 Å². The van der Waals surface area contributed by atoms with E-state index in [9.17, 15) is 4.39 Å². The van der Waals surface area contributed by atoms with Gasteiger partial charge in [0.25, 0.3) is 0 Å². The lowest BCUT2D eigenvalue weighted by atomic mass is 9.79. The minimum absolute atomic E-state index is 0.0711. The number of hydrogen-bond acceptors (Lipinski definition) is 1. The Morgan fingerprint density at radius 1 is 1.10 bits per heavy atom. The normalized spacial score (nSPS) is 16.1. The highest BCUT2D eigenvalue weighted by molar-refractivity contribution is 6.30. The van der Waals surface area contributed by atoms with E-state index < -0.39 is 0 Å². The molecule has 1 aliphatic rings. The second-order valence-electron chi connectivity index (χ2n) is 5.74. The predicted molar refractivity (Wildman–Crippen MR) is 80.5 cm³/mol. The number of halogens is 2. The molecule has 3 heteroatoms. The Bertz CT molecular complexity index is 614. The van der Waals surface area contributed by atoms with Gasteiger partial charge in [-0.2, -0.15) is 0 Å². The number of fused-ring (bicyclic) bond motifs is 1. The van der Waals surface area contributed by atoms with Crippen molar-refractivity contribution in [1.29, 1.82) is 0 Å². The second-order valence-corrected chi connectivity index (χ2v) is 6.18. The summed E-state index contributed by atoms with van der Waals surface area (Å²) in [6.45, 7) is 0.559. The van der Waals surface area contributed by atoms with E-state index in [1.54, 1.807) is 12.1 Å². The molecule has 104 valence electrons. The number of nitrogens with two attached hydrogens (primary N) is 1. The molecule has 0 fully saturated rings. The summed E-state index contributed by atoms with van der Waals surface area (Å²) in [5.41, 5.74) is 9.34. The van der Waals surface area contributed by atoms with Crippen LogP contribution in [0.25, 0.3) is 0 Å². The van der Waals surface area contributed by atoms with Crippen LogP contribution in [-0.4, -0.2) is 6.54 Å². The van der Waals surface area contributed by atoms with Gasteiger partial charge in [-0.05, 0) is 60.0 Å². The maximum absolute atomic E-state index is 14.0. The van der Waals surface area contributed by atoms with Gasteiger partial charge in [-0.25, -0.2) is 4.39 Å². The van der Waals surface area contributed by atoms with E-state index in [1.807, 2.05) is 12.1 Å². The van der Waals surface area contributed by atoms with Gasteiger partial charge in [-0.15, -0.1) is 0 Å². The Kier molecular flexibility index (Phi) is 3.53. The molecular formula is C17H17ClFN. The molecule has 0 amide bonds. The average Bonchev–Trinajstić information content (AvgIpc) is 2.81. The minimum Gasteiger partial charge on any atom is -0.330 e. The summed E-state index contributed by atoms with van der Waals surface area (Å²) in [5, 5.41) is 0.433. The molecule has 0 unspecified atom stereocenters. The smallest absolute Gasteiger partial charge is 0.127 e. The van der Waals surface area contributed by atoms with Crippen molar-refractivity contribution in [1.82, 2.24) is 0 Å². The molecule has 2 aromatic carbocycles. The standard InChI is InChI=1S/C17H17ClFN/c18-15-6-5-14(16(19)7-15)10-17(11-20)8-12-3-1-2-4-13(12)9-17/h1-7H,8-11,20H2. The quantitative estimate of drug-likeness (QED) is 0.915. The molecule has 2 N–H and O–H groups in total. The average molecular weight is 290 g/mol. The Balaban J connectivity index is 1.89. The van der Waals surface area contributed by atoms with Crippen LogP contribution in [0, 0.1) is 11.2 Å². The molecular weight excluding hydrogens is 273 g/mol. The van der Waals surface area contributed by atoms with Crippen molar-refractivity contribution < 1.29 is 4.39 Å². The van der Waals surface area contributed by atoms with E-state index in [0.717, 1.165) is 12.8 Å². The summed E-state index contributed by atoms with van der Waals surface area (Å²) in [6.07, 6.45) is 2.49. The molecule has 20 heavy (non-hydrogen) atoms. The fourth-order valence-electron chi connectivity index (χ4n) is 3.18. The van der Waals surface area contributed by atoms with Crippen molar-refractivity contribution in [3.8, 4) is 0 Å². The Morgan fingerprint density at radius 2 is 1.75 bits per heavy atom. The maximum Gasteiger partial charge on any atom is 0.127 e. The summed E-state index contributed by atoms with van der Waals surface area (Å²) in [4.78, 5) is 0. The van der Waals surface area contributed by atoms with Crippen LogP contribution in [0.3, 0.4) is 0 Å². The highest BCUT2D eigenvalue weighted by Crippen LogP contribution is 2.39. The van der Waals surface area contributed by atoms with Gasteiger partial charge in [-0.1, -0.05) is 41.9 Å². The summed E-state index contributed by atoms with van der Waals surface area (Å²) in [6, 6.07) is 13.3. The Morgan fingerprint density at radius 3 is 2.30 bits per heavy atom. The van der Waals surface area contributed by atoms with Gasteiger partial charge >= 0.3 is 0 Å². The molecule has 0 radical (unpaired) electrons. The van der Waals surface area contributed by atoms with Gasteiger partial charge in [0.05, 0.1) is 0 Å². The molecule has 0 bridgehead atoms. The first kappa shape index (κ1) is 13.6. The topological polar surface area (TPSA) is 26.0 Å². The van der Waals surface area contributed by atoms with Crippen molar-refractivity contribution in [3.63, 3.8) is 0 Å². The molecule has 0 saturated carbocycles. The zero-order chi connectivity index (χ0) is 14.2. The maximum atomic E-state index is 14.0. The SMILES string of the molecule is NCC1(Cc2ccc(Cl)cc2F)Cc2ccccc2C1. The third-order valence-electron chi connectivity index (χ3n) is 4.26. The van der Waals surface area contributed by atoms with Gasteiger partial charge in [0, 0.05) is 5.02 Å². The lowest BCUT2D eigenvalue weighted by Gasteiger charge is -2.27. The van der Waals surface area contributed by atoms with Gasteiger partial charge in [0.1, 0.15) is 5.82 Å². The first-order valence-corrected chi connectivity index (χ1v) is 7.20. The highest BCUT2D eigenvalue weighted by Gasteiger charge is 2.36. The highest BCUT2D eigenvalue weighted by atomic mass is 35.5. The lowest BCUT2D eigenvalue weighted by Crippen LogP contribution is -2.34. The molecule has 2 aromatic rings. The first-order chi connectivity index (χ1) is 9.62. The molecule has 0 heterocycles. The molecule has 0 aliphatic heterocycles. The van der Waals surface area contributed by atoms with Gasteiger partial charge in [0.15, 0.2) is 0 Å². The van der Waals surface area contributed by atoms with E-state index in [0.29, 0.717) is 23.6 Å². The van der Waals surface area contributed by atoms with Crippen LogP contribution in [-0.2, 0) is 19.3 Å². The summed E-state index contributed by atoms with van der Waals surface area (Å²) >= 11 is 5.81. The number of rotatable bonds is 3. The van der Waals surface area contributed by atoms with Crippen LogP contribution in [0.2, 0.25) is 5.02 Å². The lowest BCUT2D eigenvalue weighted by molar-refractivity contribution is 0.310. The van der Waals surface area contributed by atoms with Crippen molar-refractivity contribution in [2.45, 2.75) is 19.3 Å². The van der Waals surface area contributed by atoms with Crippen LogP contribution in [0.1, 0.15) is 16.7 Å². The molecule has 1 nitrogen and oxygen atoms in total. The summed E-state index contributed by atoms with van der Waals surface area (Å²) < 4.78 is 14.0. The molecule has 0 spiro atoms. The third kappa shape index (κ3) is 2.46. The summed E-state index contributed by atoms with van der Waals surface area (Å²) in [7, 11) is 0. The number of hydrogen-bond donors (Lipinski definition) is 1. The monoisotopic (exact) mass is 289 g/mol. The molecule has 0 saturated heterocycles. The van der Waals surface area contributed by atoms with Crippen LogP contribution in [0.5, 0.6) is 0 Å². The van der Waals surface area contributed by atoms with Crippen LogP contribution >= 0.6 is 11.6 Å². The second kappa shape index (κ2) is 5.19. The Labute approximate surface area is 123 Å². The van der Waals surface area contributed by atoms with E-state index >= 15 is 0 Å². The van der Waals surface area contributed by atoms with E-state index in [1.165, 1.54) is 17.2 Å². The van der Waals surface area contributed by atoms with Crippen molar-refractivity contribution in [2.75, 3.05) is 6.54 Å².